The molecule has 1 saturated heterocycles. The molecule has 1 unspecified atom stereocenters. The van der Waals surface area contributed by atoms with Crippen molar-refractivity contribution < 1.29 is 23.4 Å². The van der Waals surface area contributed by atoms with E-state index in [0.29, 0.717) is 32.7 Å². The number of nitrogens with two attached hydrogens (primary N) is 1. The lowest BCUT2D eigenvalue weighted by molar-refractivity contribution is 0.0694. The zero-order valence-corrected chi connectivity index (χ0v) is 15.2. The van der Waals surface area contributed by atoms with E-state index in [1.165, 1.54) is 10.8 Å². The lowest BCUT2D eigenvalue weighted by atomic mass is 10.1. The van der Waals surface area contributed by atoms with Crippen molar-refractivity contribution in [3.8, 4) is 0 Å². The third-order valence-corrected chi connectivity index (χ3v) is 5.37. The highest BCUT2D eigenvalue weighted by molar-refractivity contribution is 5.94. The van der Waals surface area contributed by atoms with Gasteiger partial charge in [-0.05, 0) is 31.9 Å². The van der Waals surface area contributed by atoms with Crippen molar-refractivity contribution in [2.45, 2.75) is 31.3 Å². The van der Waals surface area contributed by atoms with Gasteiger partial charge in [-0.3, -0.25) is 4.79 Å². The van der Waals surface area contributed by atoms with Crippen molar-refractivity contribution in [3.05, 3.63) is 39.7 Å². The van der Waals surface area contributed by atoms with Gasteiger partial charge < -0.3 is 25.0 Å². The van der Waals surface area contributed by atoms with Gasteiger partial charge in [-0.25, -0.2) is 13.6 Å². The summed E-state index contributed by atoms with van der Waals surface area (Å²) in [6.45, 7) is 1.27. The Morgan fingerprint density at radius 2 is 2.11 bits per heavy atom. The maximum atomic E-state index is 15.6. The Bertz CT molecular complexity index is 1000. The minimum absolute atomic E-state index is 0.0492. The molecular weight excluding hydrogens is 372 g/mol. The van der Waals surface area contributed by atoms with E-state index >= 15 is 4.39 Å². The van der Waals surface area contributed by atoms with Crippen molar-refractivity contribution in [3.63, 3.8) is 0 Å². The van der Waals surface area contributed by atoms with Crippen molar-refractivity contribution in [1.82, 2.24) is 4.57 Å². The fourth-order valence-electron chi connectivity index (χ4n) is 3.87. The van der Waals surface area contributed by atoms with Crippen LogP contribution >= 0.6 is 0 Å². The Hall–Kier alpha value is -2.52. The number of aromatic carboxylic acids is 1. The van der Waals surface area contributed by atoms with Gasteiger partial charge in [0.1, 0.15) is 17.1 Å². The average molecular weight is 393 g/mol. The predicted octanol–water partition coefficient (Wildman–Crippen LogP) is 1.87. The number of carbonyl (C=O) groups is 1. The van der Waals surface area contributed by atoms with Crippen LogP contribution in [0.5, 0.6) is 0 Å². The van der Waals surface area contributed by atoms with Gasteiger partial charge in [0.25, 0.3) is 0 Å². The number of aromatic nitrogens is 1. The molecule has 2 aliphatic rings. The highest BCUT2D eigenvalue weighted by atomic mass is 19.1. The second-order valence-corrected chi connectivity index (χ2v) is 7.23. The van der Waals surface area contributed by atoms with Gasteiger partial charge in [0.15, 0.2) is 5.82 Å². The molecule has 7 nitrogen and oxygen atoms in total. The number of ether oxygens (including phenoxy) is 1. The van der Waals surface area contributed by atoms with E-state index in [4.69, 9.17) is 10.5 Å². The molecule has 1 aliphatic heterocycles. The summed E-state index contributed by atoms with van der Waals surface area (Å²) in [6, 6.07) is 0.578. The molecule has 0 spiro atoms. The summed E-state index contributed by atoms with van der Waals surface area (Å²) in [6.07, 6.45) is 3.17. The molecule has 3 N–H and O–H groups in total. The van der Waals surface area contributed by atoms with Crippen molar-refractivity contribution in [2.75, 3.05) is 31.2 Å². The fraction of sp³-hybridized carbons (Fsp3) is 0.474. The van der Waals surface area contributed by atoms with E-state index in [-0.39, 0.29) is 28.7 Å². The molecular formula is C19H21F2N3O4. The Morgan fingerprint density at radius 1 is 1.36 bits per heavy atom. The number of morpholine rings is 1. The average Bonchev–Trinajstić information content (AvgIpc) is 3.49. The monoisotopic (exact) mass is 393 g/mol. The summed E-state index contributed by atoms with van der Waals surface area (Å²) in [5, 5.41) is 9.05. The van der Waals surface area contributed by atoms with Crippen LogP contribution in [0.3, 0.4) is 0 Å². The van der Waals surface area contributed by atoms with Gasteiger partial charge in [-0.1, -0.05) is 0 Å². The molecule has 2 fully saturated rings. The maximum Gasteiger partial charge on any atom is 0.341 e. The fourth-order valence-corrected chi connectivity index (χ4v) is 3.87. The maximum absolute atomic E-state index is 15.6. The van der Waals surface area contributed by atoms with Crippen LogP contribution in [0.25, 0.3) is 10.9 Å². The zero-order valence-electron chi connectivity index (χ0n) is 15.2. The first-order valence-corrected chi connectivity index (χ1v) is 9.28. The number of pyridine rings is 1. The van der Waals surface area contributed by atoms with E-state index in [1.807, 2.05) is 0 Å². The number of halogens is 2. The first-order valence-electron chi connectivity index (χ1n) is 9.28. The molecule has 1 saturated carbocycles. The second kappa shape index (κ2) is 7.14. The zero-order chi connectivity index (χ0) is 20.0. The number of carboxylic acid groups (broad SMARTS) is 1. The molecule has 0 bridgehead atoms. The number of benzene rings is 1. The second-order valence-electron chi connectivity index (χ2n) is 7.23. The predicted molar refractivity (Wildman–Crippen MR) is 99.0 cm³/mol. The van der Waals surface area contributed by atoms with Crippen LogP contribution in [0.15, 0.2) is 17.1 Å². The van der Waals surface area contributed by atoms with E-state index in [1.54, 1.807) is 4.90 Å². The van der Waals surface area contributed by atoms with Gasteiger partial charge in [0.2, 0.25) is 5.43 Å². The summed E-state index contributed by atoms with van der Waals surface area (Å²) in [5.74, 6) is -3.15. The van der Waals surface area contributed by atoms with Gasteiger partial charge in [0.05, 0.1) is 30.2 Å². The van der Waals surface area contributed by atoms with Gasteiger partial charge in [-0.2, -0.15) is 0 Å². The van der Waals surface area contributed by atoms with Crippen LogP contribution in [0.1, 0.15) is 35.7 Å². The molecule has 1 aromatic heterocycles. The highest BCUT2D eigenvalue weighted by Crippen LogP contribution is 2.40. The van der Waals surface area contributed by atoms with Crippen LogP contribution < -0.4 is 16.1 Å². The molecule has 1 atom stereocenters. The topological polar surface area (TPSA) is 97.8 Å². The highest BCUT2D eigenvalue weighted by Gasteiger charge is 2.33. The molecule has 150 valence electrons. The quantitative estimate of drug-likeness (QED) is 0.805. The van der Waals surface area contributed by atoms with Gasteiger partial charge >= 0.3 is 5.97 Å². The summed E-state index contributed by atoms with van der Waals surface area (Å²) >= 11 is 0. The molecule has 0 amide bonds. The number of hydrogen-bond donors (Lipinski definition) is 2. The molecule has 4 rings (SSSR count). The van der Waals surface area contributed by atoms with E-state index in [9.17, 15) is 19.1 Å². The molecule has 0 radical (unpaired) electrons. The van der Waals surface area contributed by atoms with E-state index in [0.717, 1.165) is 18.9 Å². The Morgan fingerprint density at radius 3 is 2.75 bits per heavy atom. The normalized spacial score (nSPS) is 20.0. The molecule has 1 aromatic carbocycles. The molecule has 9 heteroatoms. The first kappa shape index (κ1) is 18.8. The number of hydrogen-bond acceptors (Lipinski definition) is 5. The Balaban J connectivity index is 1.97. The van der Waals surface area contributed by atoms with Crippen molar-refractivity contribution in [2.24, 2.45) is 5.73 Å². The summed E-state index contributed by atoms with van der Waals surface area (Å²) in [7, 11) is 0. The van der Waals surface area contributed by atoms with Gasteiger partial charge in [-0.15, -0.1) is 0 Å². The summed E-state index contributed by atoms with van der Waals surface area (Å²) < 4.78 is 37.5. The third kappa shape index (κ3) is 3.04. The summed E-state index contributed by atoms with van der Waals surface area (Å²) in [5.41, 5.74) is 3.99. The molecule has 28 heavy (non-hydrogen) atoms. The Kier molecular flexibility index (Phi) is 4.80. The molecule has 1 aliphatic carbocycles. The number of rotatable bonds is 5. The smallest absolute Gasteiger partial charge is 0.341 e. The third-order valence-electron chi connectivity index (χ3n) is 5.37. The lowest BCUT2D eigenvalue weighted by Crippen LogP contribution is -2.47. The van der Waals surface area contributed by atoms with Crippen molar-refractivity contribution >= 4 is 22.6 Å². The number of anilines is 1. The number of fused-ring (bicyclic) bond motifs is 1. The minimum atomic E-state index is -1.41. The van der Waals surface area contributed by atoms with Crippen LogP contribution in [0.4, 0.5) is 14.5 Å². The largest absolute Gasteiger partial charge is 0.477 e. The van der Waals surface area contributed by atoms with Crippen LogP contribution in [0.2, 0.25) is 0 Å². The summed E-state index contributed by atoms with van der Waals surface area (Å²) in [4.78, 5) is 25.6. The van der Waals surface area contributed by atoms with E-state index < -0.39 is 28.6 Å². The SMILES string of the molecule is NCCC1COCCN1c1c(F)cc2c(=O)c(C(=O)O)cn(C3CC3)c2c1F. The molecule has 2 aromatic rings. The number of nitrogens with zero attached hydrogens (tertiary/aromatic N) is 2. The molecule has 2 heterocycles. The standard InChI is InChI=1S/C19H21F2N3O4/c20-14-7-12-16(24(10-1-2-10)8-13(18(12)25)19(26)27)15(21)17(14)23-5-6-28-9-11(23)3-4-22/h7-8,10-11H,1-6,9,22H2,(H,26,27). The lowest BCUT2D eigenvalue weighted by Gasteiger charge is -2.37. The minimum Gasteiger partial charge on any atom is -0.477 e. The van der Waals surface area contributed by atoms with Crippen LogP contribution in [-0.2, 0) is 4.74 Å². The van der Waals surface area contributed by atoms with Crippen LogP contribution in [0, 0.1) is 11.6 Å². The number of carboxylic acids is 1. The van der Waals surface area contributed by atoms with Crippen molar-refractivity contribution in [1.29, 1.82) is 0 Å². The van der Waals surface area contributed by atoms with E-state index in [2.05, 4.69) is 0 Å². The van der Waals surface area contributed by atoms with Crippen LogP contribution in [-0.4, -0.2) is 48.0 Å². The Labute approximate surface area is 159 Å². The van der Waals surface area contributed by atoms with Gasteiger partial charge in [0, 0.05) is 18.8 Å². The first-order chi connectivity index (χ1) is 13.4.